The van der Waals surface area contributed by atoms with E-state index in [0.717, 1.165) is 11.3 Å². The summed E-state index contributed by atoms with van der Waals surface area (Å²) < 4.78 is 10.7. The lowest BCUT2D eigenvalue weighted by Gasteiger charge is -2.25. The molecule has 1 N–H and O–H groups in total. The Bertz CT molecular complexity index is 436. The fourth-order valence-corrected chi connectivity index (χ4v) is 2.58. The first-order chi connectivity index (χ1) is 8.45. The fraction of sp³-hybridized carbons (Fsp3) is 0.500. The van der Waals surface area contributed by atoms with E-state index in [1.54, 1.807) is 7.11 Å². The Morgan fingerprint density at radius 2 is 2.00 bits per heavy atom. The minimum absolute atomic E-state index is 0.108. The Morgan fingerprint density at radius 3 is 2.50 bits per heavy atom. The van der Waals surface area contributed by atoms with Gasteiger partial charge >= 0.3 is 5.97 Å². The van der Waals surface area contributed by atoms with Gasteiger partial charge in [-0.15, -0.1) is 0 Å². The van der Waals surface area contributed by atoms with Crippen LogP contribution in [0.4, 0.5) is 0 Å². The number of carbonyl (C=O) groups is 1. The van der Waals surface area contributed by atoms with Crippen LogP contribution in [-0.2, 0) is 9.53 Å². The summed E-state index contributed by atoms with van der Waals surface area (Å²) in [5.41, 5.74) is 0.352. The van der Waals surface area contributed by atoms with Crippen molar-refractivity contribution in [3.63, 3.8) is 0 Å². The van der Waals surface area contributed by atoms with E-state index in [-0.39, 0.29) is 5.92 Å². The van der Waals surface area contributed by atoms with Crippen molar-refractivity contribution < 1.29 is 19.4 Å². The zero-order chi connectivity index (χ0) is 13.3. The number of aliphatic carboxylic acids is 1. The quantitative estimate of drug-likeness (QED) is 0.894. The Labute approximate surface area is 107 Å². The molecule has 1 aromatic rings. The molecule has 0 spiro atoms. The molecule has 0 unspecified atom stereocenters. The maximum absolute atomic E-state index is 11.4. The molecule has 98 valence electrons. The second kappa shape index (κ2) is 4.61. The lowest BCUT2D eigenvalue weighted by Crippen LogP contribution is -2.35. The monoisotopic (exact) mass is 250 g/mol. The molecule has 0 radical (unpaired) electrons. The standard InChI is InChI=1S/C14H18O4/c1-14(2)12(13(15)16)11(8-18-14)9-4-6-10(17-3)7-5-9/h4-7,11-12H,8H2,1-3H3,(H,15,16)/t11-,12-/m0/s1. The minimum Gasteiger partial charge on any atom is -0.497 e. The van der Waals surface area contributed by atoms with E-state index in [1.807, 2.05) is 38.1 Å². The van der Waals surface area contributed by atoms with Gasteiger partial charge in [0.15, 0.2) is 0 Å². The smallest absolute Gasteiger partial charge is 0.310 e. The largest absolute Gasteiger partial charge is 0.497 e. The minimum atomic E-state index is -0.807. The molecule has 18 heavy (non-hydrogen) atoms. The Balaban J connectivity index is 2.29. The van der Waals surface area contributed by atoms with Crippen molar-refractivity contribution in [1.29, 1.82) is 0 Å². The van der Waals surface area contributed by atoms with Crippen LogP contribution in [0.3, 0.4) is 0 Å². The molecule has 1 aromatic carbocycles. The Morgan fingerprint density at radius 1 is 1.39 bits per heavy atom. The van der Waals surface area contributed by atoms with Crippen molar-refractivity contribution in [2.75, 3.05) is 13.7 Å². The molecule has 1 aliphatic heterocycles. The molecular formula is C14H18O4. The van der Waals surface area contributed by atoms with Gasteiger partial charge in [-0.25, -0.2) is 0 Å². The SMILES string of the molecule is COc1ccc([C@@H]2COC(C)(C)[C@@H]2C(=O)O)cc1. The normalized spacial score (nSPS) is 25.9. The van der Waals surface area contributed by atoms with E-state index >= 15 is 0 Å². The first-order valence-electron chi connectivity index (χ1n) is 5.96. The summed E-state index contributed by atoms with van der Waals surface area (Å²) >= 11 is 0. The van der Waals surface area contributed by atoms with Crippen molar-refractivity contribution >= 4 is 5.97 Å². The van der Waals surface area contributed by atoms with Gasteiger partial charge in [0, 0.05) is 5.92 Å². The van der Waals surface area contributed by atoms with E-state index in [9.17, 15) is 9.90 Å². The Hall–Kier alpha value is -1.55. The van der Waals surface area contributed by atoms with Gasteiger partial charge in [0.25, 0.3) is 0 Å². The Kier molecular flexibility index (Phi) is 3.30. The van der Waals surface area contributed by atoms with Gasteiger partial charge in [0.05, 0.1) is 25.2 Å². The van der Waals surface area contributed by atoms with E-state index in [4.69, 9.17) is 9.47 Å². The average molecular weight is 250 g/mol. The van der Waals surface area contributed by atoms with Crippen molar-refractivity contribution in [1.82, 2.24) is 0 Å². The number of hydrogen-bond acceptors (Lipinski definition) is 3. The third kappa shape index (κ3) is 2.20. The first-order valence-corrected chi connectivity index (χ1v) is 5.96. The first kappa shape index (κ1) is 12.9. The van der Waals surface area contributed by atoms with Crippen molar-refractivity contribution in [2.24, 2.45) is 5.92 Å². The number of hydrogen-bond donors (Lipinski definition) is 1. The summed E-state index contributed by atoms with van der Waals surface area (Å²) in [7, 11) is 1.61. The molecule has 4 heteroatoms. The number of rotatable bonds is 3. The highest BCUT2D eigenvalue weighted by atomic mass is 16.5. The molecule has 0 aliphatic carbocycles. The van der Waals surface area contributed by atoms with Crippen LogP contribution >= 0.6 is 0 Å². The summed E-state index contributed by atoms with van der Waals surface area (Å²) in [6.07, 6.45) is 0. The summed E-state index contributed by atoms with van der Waals surface area (Å²) in [5, 5.41) is 9.38. The van der Waals surface area contributed by atoms with Gasteiger partial charge in [0.2, 0.25) is 0 Å². The molecule has 1 heterocycles. The lowest BCUT2D eigenvalue weighted by atomic mass is 9.80. The summed E-state index contributed by atoms with van der Waals surface area (Å²) in [6.45, 7) is 4.10. The van der Waals surface area contributed by atoms with Gasteiger partial charge in [-0.1, -0.05) is 12.1 Å². The predicted octanol–water partition coefficient (Wildman–Crippen LogP) is 2.29. The maximum Gasteiger partial charge on any atom is 0.310 e. The van der Waals surface area contributed by atoms with E-state index in [1.165, 1.54) is 0 Å². The van der Waals surface area contributed by atoms with Gasteiger partial charge in [-0.3, -0.25) is 4.79 Å². The second-order valence-electron chi connectivity index (χ2n) is 5.11. The molecule has 0 bridgehead atoms. The molecule has 0 aromatic heterocycles. The number of carboxylic acid groups (broad SMARTS) is 1. The highest BCUT2D eigenvalue weighted by molar-refractivity contribution is 5.73. The summed E-state index contributed by atoms with van der Waals surface area (Å²) in [5.74, 6) is -0.670. The molecule has 1 saturated heterocycles. The van der Waals surface area contributed by atoms with Crippen LogP contribution in [0.5, 0.6) is 5.75 Å². The number of methoxy groups -OCH3 is 1. The van der Waals surface area contributed by atoms with Gasteiger partial charge < -0.3 is 14.6 Å². The van der Waals surface area contributed by atoms with Gasteiger partial charge in [-0.05, 0) is 31.5 Å². The molecule has 0 saturated carbocycles. The summed E-state index contributed by atoms with van der Waals surface area (Å²) in [6, 6.07) is 7.51. The van der Waals surface area contributed by atoms with Crippen molar-refractivity contribution in [3.05, 3.63) is 29.8 Å². The summed E-state index contributed by atoms with van der Waals surface area (Å²) in [4.78, 5) is 11.4. The van der Waals surface area contributed by atoms with Crippen LogP contribution < -0.4 is 4.74 Å². The van der Waals surface area contributed by atoms with E-state index in [2.05, 4.69) is 0 Å². The van der Waals surface area contributed by atoms with Crippen LogP contribution in [0.1, 0.15) is 25.3 Å². The average Bonchev–Trinajstić information content (AvgIpc) is 2.65. The van der Waals surface area contributed by atoms with Crippen LogP contribution in [0.2, 0.25) is 0 Å². The topological polar surface area (TPSA) is 55.8 Å². The lowest BCUT2D eigenvalue weighted by molar-refractivity contribution is -0.146. The number of benzene rings is 1. The van der Waals surface area contributed by atoms with Gasteiger partial charge in [0.1, 0.15) is 5.75 Å². The predicted molar refractivity (Wildman–Crippen MR) is 66.9 cm³/mol. The zero-order valence-electron chi connectivity index (χ0n) is 10.8. The maximum atomic E-state index is 11.4. The second-order valence-corrected chi connectivity index (χ2v) is 5.11. The van der Waals surface area contributed by atoms with E-state index in [0.29, 0.717) is 6.61 Å². The third-order valence-electron chi connectivity index (χ3n) is 3.60. The fourth-order valence-electron chi connectivity index (χ4n) is 2.58. The van der Waals surface area contributed by atoms with Crippen molar-refractivity contribution in [3.8, 4) is 5.75 Å². The zero-order valence-corrected chi connectivity index (χ0v) is 10.8. The number of ether oxygens (including phenoxy) is 2. The van der Waals surface area contributed by atoms with Crippen LogP contribution in [-0.4, -0.2) is 30.4 Å². The molecular weight excluding hydrogens is 232 g/mol. The van der Waals surface area contributed by atoms with Gasteiger partial charge in [-0.2, -0.15) is 0 Å². The molecule has 1 aliphatic rings. The third-order valence-corrected chi connectivity index (χ3v) is 3.60. The molecule has 4 nitrogen and oxygen atoms in total. The highest BCUT2D eigenvalue weighted by Crippen LogP contribution is 2.42. The molecule has 0 amide bonds. The van der Waals surface area contributed by atoms with Crippen LogP contribution in [0.25, 0.3) is 0 Å². The molecule has 2 rings (SSSR count). The van der Waals surface area contributed by atoms with Crippen LogP contribution in [0, 0.1) is 5.92 Å². The highest BCUT2D eigenvalue weighted by Gasteiger charge is 2.48. The molecule has 1 fully saturated rings. The molecule has 2 atom stereocenters. The van der Waals surface area contributed by atoms with E-state index < -0.39 is 17.5 Å². The van der Waals surface area contributed by atoms with Crippen LogP contribution in [0.15, 0.2) is 24.3 Å². The van der Waals surface area contributed by atoms with Crippen molar-refractivity contribution in [2.45, 2.75) is 25.4 Å². The number of carboxylic acids is 1.